The fourth-order valence-corrected chi connectivity index (χ4v) is 3.01. The van der Waals surface area contributed by atoms with Gasteiger partial charge in [-0.3, -0.25) is 4.79 Å². The van der Waals surface area contributed by atoms with Crippen molar-refractivity contribution in [1.82, 2.24) is 0 Å². The molecule has 0 aliphatic carbocycles. The normalized spacial score (nSPS) is 11.2. The van der Waals surface area contributed by atoms with Crippen molar-refractivity contribution in [2.24, 2.45) is 0 Å². The van der Waals surface area contributed by atoms with Crippen molar-refractivity contribution in [3.8, 4) is 5.75 Å². The maximum Gasteiger partial charge on any atom is 0.417 e. The van der Waals surface area contributed by atoms with E-state index in [1.54, 1.807) is 7.11 Å². The van der Waals surface area contributed by atoms with Crippen LogP contribution in [0.4, 0.5) is 18.9 Å². The van der Waals surface area contributed by atoms with Crippen molar-refractivity contribution in [1.29, 1.82) is 0 Å². The monoisotopic (exact) mass is 389 g/mol. The molecule has 0 saturated carbocycles. The number of halogens is 4. The summed E-state index contributed by atoms with van der Waals surface area (Å²) in [5, 5.41) is 2.04. The fourth-order valence-electron chi connectivity index (χ4n) is 2.00. The van der Waals surface area contributed by atoms with E-state index in [1.807, 2.05) is 24.3 Å². The van der Waals surface area contributed by atoms with E-state index in [1.165, 1.54) is 17.8 Å². The summed E-state index contributed by atoms with van der Waals surface area (Å²) < 4.78 is 43.5. The second kappa shape index (κ2) is 8.49. The molecule has 2 aromatic carbocycles. The number of nitrogens with one attached hydrogen (secondary N) is 1. The maximum atomic E-state index is 12.8. The average Bonchev–Trinajstić information content (AvgIpc) is 2.56. The smallest absolute Gasteiger partial charge is 0.417 e. The topological polar surface area (TPSA) is 38.3 Å². The van der Waals surface area contributed by atoms with Crippen LogP contribution in [0.3, 0.4) is 0 Å². The van der Waals surface area contributed by atoms with Gasteiger partial charge in [-0.05, 0) is 35.9 Å². The van der Waals surface area contributed by atoms with Crippen LogP contribution in [0.15, 0.2) is 42.5 Å². The predicted octanol–water partition coefficient (Wildman–Crippen LogP) is 5.24. The molecule has 0 saturated heterocycles. The van der Waals surface area contributed by atoms with Gasteiger partial charge in [-0.2, -0.15) is 13.2 Å². The van der Waals surface area contributed by atoms with Gasteiger partial charge in [0.15, 0.2) is 0 Å². The van der Waals surface area contributed by atoms with Crippen LogP contribution >= 0.6 is 23.4 Å². The molecular weight excluding hydrogens is 375 g/mol. The lowest BCUT2D eigenvalue weighted by Gasteiger charge is -2.11. The van der Waals surface area contributed by atoms with Crippen molar-refractivity contribution < 1.29 is 22.7 Å². The Labute approximate surface area is 152 Å². The number of hydrogen-bond donors (Lipinski definition) is 1. The minimum atomic E-state index is -4.57. The number of carbonyl (C=O) groups excluding carboxylic acids is 1. The van der Waals surface area contributed by atoms with Crippen LogP contribution in [0, 0.1) is 0 Å². The molecule has 2 rings (SSSR count). The quantitative estimate of drug-likeness (QED) is 0.734. The first-order valence-electron chi connectivity index (χ1n) is 7.17. The largest absolute Gasteiger partial charge is 0.497 e. The third-order valence-electron chi connectivity index (χ3n) is 3.22. The van der Waals surface area contributed by atoms with Gasteiger partial charge in [0.25, 0.3) is 0 Å². The Morgan fingerprint density at radius 3 is 2.48 bits per heavy atom. The van der Waals surface area contributed by atoms with Crippen LogP contribution in [0.1, 0.15) is 11.1 Å². The summed E-state index contributed by atoms with van der Waals surface area (Å²) in [4.78, 5) is 11.9. The van der Waals surface area contributed by atoms with E-state index < -0.39 is 16.8 Å². The highest BCUT2D eigenvalue weighted by atomic mass is 35.5. The van der Waals surface area contributed by atoms with Gasteiger partial charge in [0, 0.05) is 11.4 Å². The summed E-state index contributed by atoms with van der Waals surface area (Å²) in [5.41, 5.74) is 0.106. The lowest BCUT2D eigenvalue weighted by atomic mass is 10.2. The summed E-state index contributed by atoms with van der Waals surface area (Å²) in [6, 6.07) is 10.7. The minimum absolute atomic E-state index is 0.0618. The highest BCUT2D eigenvalue weighted by Crippen LogP contribution is 2.36. The van der Waals surface area contributed by atoms with E-state index in [0.29, 0.717) is 5.75 Å². The lowest BCUT2D eigenvalue weighted by molar-refractivity contribution is -0.137. The minimum Gasteiger partial charge on any atom is -0.497 e. The molecule has 0 aliphatic rings. The van der Waals surface area contributed by atoms with Crippen LogP contribution in [0.25, 0.3) is 0 Å². The molecule has 3 nitrogen and oxygen atoms in total. The molecular formula is C17H15ClF3NO2S. The third kappa shape index (κ3) is 5.86. The SMILES string of the molecule is COc1ccc(CSCC(=O)Nc2ccc(Cl)c(C(F)(F)F)c2)cc1. The van der Waals surface area contributed by atoms with E-state index >= 15 is 0 Å². The van der Waals surface area contributed by atoms with Gasteiger partial charge in [0.05, 0.1) is 23.4 Å². The molecule has 0 heterocycles. The maximum absolute atomic E-state index is 12.8. The molecule has 0 aromatic heterocycles. The van der Waals surface area contributed by atoms with Crippen LogP contribution in [-0.4, -0.2) is 18.8 Å². The van der Waals surface area contributed by atoms with Crippen molar-refractivity contribution in [2.45, 2.75) is 11.9 Å². The standard InChI is InChI=1S/C17H15ClF3NO2S/c1-24-13-5-2-11(3-6-13)9-25-10-16(23)22-12-4-7-15(18)14(8-12)17(19,20)21/h2-8H,9-10H2,1H3,(H,22,23). The molecule has 0 fully saturated rings. The van der Waals surface area contributed by atoms with Crippen molar-refractivity contribution in [2.75, 3.05) is 18.2 Å². The molecule has 0 spiro atoms. The molecule has 134 valence electrons. The van der Waals surface area contributed by atoms with Crippen LogP contribution in [-0.2, 0) is 16.7 Å². The van der Waals surface area contributed by atoms with E-state index in [2.05, 4.69) is 5.32 Å². The number of hydrogen-bond acceptors (Lipinski definition) is 3. The van der Waals surface area contributed by atoms with Crippen LogP contribution in [0.5, 0.6) is 5.75 Å². The number of thioether (sulfide) groups is 1. The van der Waals surface area contributed by atoms with Gasteiger partial charge in [-0.25, -0.2) is 0 Å². The zero-order valence-corrected chi connectivity index (χ0v) is 14.8. The number of rotatable bonds is 6. The number of methoxy groups -OCH3 is 1. The Balaban J connectivity index is 1.87. The number of carbonyl (C=O) groups is 1. The second-order valence-corrected chi connectivity index (χ2v) is 6.47. The van der Waals surface area contributed by atoms with E-state index in [9.17, 15) is 18.0 Å². The molecule has 0 bridgehead atoms. The Hall–Kier alpha value is -1.86. The molecule has 0 aliphatic heterocycles. The molecule has 1 N–H and O–H groups in total. The highest BCUT2D eigenvalue weighted by Gasteiger charge is 2.33. The Morgan fingerprint density at radius 1 is 1.20 bits per heavy atom. The number of alkyl halides is 3. The van der Waals surface area contributed by atoms with Crippen LogP contribution < -0.4 is 10.1 Å². The van der Waals surface area contributed by atoms with E-state index in [4.69, 9.17) is 16.3 Å². The molecule has 0 unspecified atom stereocenters. The molecule has 2 aromatic rings. The summed E-state index contributed by atoms with van der Waals surface area (Å²) in [5.74, 6) is 1.09. The van der Waals surface area contributed by atoms with Crippen molar-refractivity contribution in [3.05, 3.63) is 58.6 Å². The van der Waals surface area contributed by atoms with E-state index in [0.717, 1.165) is 23.4 Å². The van der Waals surface area contributed by atoms with Gasteiger partial charge < -0.3 is 10.1 Å². The van der Waals surface area contributed by atoms with Gasteiger partial charge in [-0.1, -0.05) is 23.7 Å². The first-order chi connectivity index (χ1) is 11.8. The first kappa shape index (κ1) is 19.5. The number of anilines is 1. The Kier molecular flexibility index (Phi) is 6.61. The first-order valence-corrected chi connectivity index (χ1v) is 8.70. The third-order valence-corrected chi connectivity index (χ3v) is 4.55. The summed E-state index contributed by atoms with van der Waals surface area (Å²) in [7, 11) is 1.58. The summed E-state index contributed by atoms with van der Waals surface area (Å²) >= 11 is 6.90. The predicted molar refractivity (Wildman–Crippen MR) is 94.2 cm³/mol. The zero-order valence-electron chi connectivity index (χ0n) is 13.2. The van der Waals surface area contributed by atoms with E-state index in [-0.39, 0.29) is 17.3 Å². The van der Waals surface area contributed by atoms with Gasteiger partial charge in [0.2, 0.25) is 5.91 Å². The Bertz CT molecular complexity index is 736. The van der Waals surface area contributed by atoms with Gasteiger partial charge in [0.1, 0.15) is 5.75 Å². The van der Waals surface area contributed by atoms with Gasteiger partial charge >= 0.3 is 6.18 Å². The number of amides is 1. The molecule has 0 atom stereocenters. The second-order valence-electron chi connectivity index (χ2n) is 5.08. The van der Waals surface area contributed by atoms with Crippen LogP contribution in [0.2, 0.25) is 5.02 Å². The van der Waals surface area contributed by atoms with Gasteiger partial charge in [-0.15, -0.1) is 11.8 Å². The highest BCUT2D eigenvalue weighted by molar-refractivity contribution is 7.99. The van der Waals surface area contributed by atoms with Crippen molar-refractivity contribution >= 4 is 35.0 Å². The summed E-state index contributed by atoms with van der Waals surface area (Å²) in [6.07, 6.45) is -4.57. The fraction of sp³-hybridized carbons (Fsp3) is 0.235. The molecule has 8 heteroatoms. The molecule has 0 radical (unpaired) electrons. The number of ether oxygens (including phenoxy) is 1. The Morgan fingerprint density at radius 2 is 1.88 bits per heavy atom. The molecule has 25 heavy (non-hydrogen) atoms. The average molecular weight is 390 g/mol. The lowest BCUT2D eigenvalue weighted by Crippen LogP contribution is -2.15. The number of benzene rings is 2. The zero-order chi connectivity index (χ0) is 18.4. The molecule has 1 amide bonds. The van der Waals surface area contributed by atoms with Crippen molar-refractivity contribution in [3.63, 3.8) is 0 Å². The summed E-state index contributed by atoms with van der Waals surface area (Å²) in [6.45, 7) is 0.